The van der Waals surface area contributed by atoms with Crippen LogP contribution in [0.15, 0.2) is 10.9 Å². The van der Waals surface area contributed by atoms with Crippen molar-refractivity contribution < 1.29 is 14.3 Å². The average molecular weight is 270 g/mol. The fourth-order valence-electron chi connectivity index (χ4n) is 1.29. The van der Waals surface area contributed by atoms with Gasteiger partial charge in [0.05, 0.1) is 5.51 Å². The fourth-order valence-corrected chi connectivity index (χ4v) is 1.85. The molecule has 0 aromatic carbocycles. The monoisotopic (exact) mass is 270 g/mol. The van der Waals surface area contributed by atoms with Gasteiger partial charge in [0.25, 0.3) is 0 Å². The Morgan fingerprint density at radius 2 is 2.17 bits per heavy atom. The number of amides is 1. The molecule has 1 aromatic rings. The van der Waals surface area contributed by atoms with Crippen molar-refractivity contribution in [3.05, 3.63) is 16.6 Å². The lowest BCUT2D eigenvalue weighted by Gasteiger charge is -2.21. The molecular weight excluding hydrogens is 252 g/mol. The Labute approximate surface area is 111 Å². The summed E-state index contributed by atoms with van der Waals surface area (Å²) in [6.07, 6.45) is -0.302. The van der Waals surface area contributed by atoms with Crippen molar-refractivity contribution in [1.29, 1.82) is 0 Å². The molecule has 1 heterocycles. The molecule has 1 rings (SSSR count). The Balaban J connectivity index is 2.40. The molecule has 0 saturated heterocycles. The van der Waals surface area contributed by atoms with Crippen molar-refractivity contribution in [2.75, 3.05) is 0 Å². The number of ether oxygens (including phenoxy) is 1. The largest absolute Gasteiger partial charge is 0.444 e. The van der Waals surface area contributed by atoms with E-state index in [1.807, 2.05) is 0 Å². The molecule has 0 aliphatic carbocycles. The second-order valence-electron chi connectivity index (χ2n) is 5.05. The van der Waals surface area contributed by atoms with Crippen LogP contribution in [-0.4, -0.2) is 28.5 Å². The van der Waals surface area contributed by atoms with E-state index in [9.17, 15) is 9.59 Å². The molecule has 1 unspecified atom stereocenters. The minimum absolute atomic E-state index is 0.0835. The summed E-state index contributed by atoms with van der Waals surface area (Å²) >= 11 is 1.37. The molecule has 6 heteroatoms. The number of alkyl carbamates (subject to hydrolysis) is 1. The molecule has 5 nitrogen and oxygen atoms in total. The number of aromatic nitrogens is 1. The van der Waals surface area contributed by atoms with Crippen molar-refractivity contribution >= 4 is 23.2 Å². The van der Waals surface area contributed by atoms with Gasteiger partial charge in [-0.05, 0) is 27.7 Å². The van der Waals surface area contributed by atoms with E-state index >= 15 is 0 Å². The van der Waals surface area contributed by atoms with Crippen LogP contribution in [0.3, 0.4) is 0 Å². The van der Waals surface area contributed by atoms with Crippen molar-refractivity contribution in [2.24, 2.45) is 0 Å². The molecule has 0 spiro atoms. The van der Waals surface area contributed by atoms with Gasteiger partial charge in [0.1, 0.15) is 11.3 Å². The maximum Gasteiger partial charge on any atom is 0.407 e. The highest BCUT2D eigenvalue weighted by Crippen LogP contribution is 2.09. The zero-order valence-corrected chi connectivity index (χ0v) is 11.8. The van der Waals surface area contributed by atoms with Gasteiger partial charge in [0.2, 0.25) is 0 Å². The van der Waals surface area contributed by atoms with E-state index < -0.39 is 11.7 Å². The highest BCUT2D eigenvalue weighted by atomic mass is 32.1. The third-order valence-electron chi connectivity index (χ3n) is 1.97. The van der Waals surface area contributed by atoms with Gasteiger partial charge in [-0.2, -0.15) is 0 Å². The molecule has 1 aromatic heterocycles. The standard InChI is InChI=1S/C12H18N2O3S/c1-8(14-11(16)17-12(2,3)4)5-10(15)9-6-18-7-13-9/h6-8H,5H2,1-4H3,(H,14,16). The predicted octanol–water partition coefficient (Wildman–Crippen LogP) is 2.63. The normalized spacial score (nSPS) is 12.9. The third-order valence-corrected chi connectivity index (χ3v) is 2.56. The maximum absolute atomic E-state index is 11.7. The van der Waals surface area contributed by atoms with Crippen LogP contribution in [0.2, 0.25) is 0 Å². The van der Waals surface area contributed by atoms with Gasteiger partial charge in [0, 0.05) is 17.8 Å². The number of nitrogens with one attached hydrogen (secondary N) is 1. The van der Waals surface area contributed by atoms with Crippen LogP contribution >= 0.6 is 11.3 Å². The highest BCUT2D eigenvalue weighted by molar-refractivity contribution is 7.07. The lowest BCUT2D eigenvalue weighted by molar-refractivity contribution is 0.0506. The Bertz CT molecular complexity index is 409. The van der Waals surface area contributed by atoms with Gasteiger partial charge in [-0.1, -0.05) is 0 Å². The van der Waals surface area contributed by atoms with E-state index in [1.165, 1.54) is 11.3 Å². The number of ketones is 1. The van der Waals surface area contributed by atoms with Crippen LogP contribution < -0.4 is 5.32 Å². The number of thiazole rings is 1. The van der Waals surface area contributed by atoms with Gasteiger partial charge < -0.3 is 10.1 Å². The van der Waals surface area contributed by atoms with Crippen LogP contribution in [0, 0.1) is 0 Å². The van der Waals surface area contributed by atoms with Crippen LogP contribution in [0.25, 0.3) is 0 Å². The summed E-state index contributed by atoms with van der Waals surface area (Å²) < 4.78 is 5.11. The van der Waals surface area contributed by atoms with Gasteiger partial charge in [0.15, 0.2) is 5.78 Å². The quantitative estimate of drug-likeness (QED) is 0.854. The predicted molar refractivity (Wildman–Crippen MR) is 69.9 cm³/mol. The summed E-state index contributed by atoms with van der Waals surface area (Å²) in [5, 5.41) is 4.32. The van der Waals surface area contributed by atoms with Crippen LogP contribution in [0.1, 0.15) is 44.6 Å². The van der Waals surface area contributed by atoms with Gasteiger partial charge in [-0.3, -0.25) is 4.79 Å². The topological polar surface area (TPSA) is 68.3 Å². The number of hydrogen-bond donors (Lipinski definition) is 1. The molecular formula is C12H18N2O3S. The number of rotatable bonds is 4. The van der Waals surface area contributed by atoms with E-state index in [0.29, 0.717) is 5.69 Å². The molecule has 1 amide bonds. The minimum atomic E-state index is -0.539. The van der Waals surface area contributed by atoms with E-state index in [-0.39, 0.29) is 18.2 Å². The molecule has 0 aliphatic heterocycles. The first-order valence-electron chi connectivity index (χ1n) is 5.69. The van der Waals surface area contributed by atoms with Crippen LogP contribution in [-0.2, 0) is 4.74 Å². The number of hydrogen-bond acceptors (Lipinski definition) is 5. The number of carbonyl (C=O) groups excluding carboxylic acids is 2. The maximum atomic E-state index is 11.7. The lowest BCUT2D eigenvalue weighted by atomic mass is 10.1. The molecule has 100 valence electrons. The number of nitrogens with zero attached hydrogens (tertiary/aromatic N) is 1. The molecule has 0 aliphatic rings. The van der Waals surface area contributed by atoms with E-state index in [2.05, 4.69) is 10.3 Å². The summed E-state index contributed by atoms with van der Waals surface area (Å²) in [4.78, 5) is 27.1. The van der Waals surface area contributed by atoms with Crippen LogP contribution in [0.5, 0.6) is 0 Å². The second-order valence-corrected chi connectivity index (χ2v) is 5.77. The lowest BCUT2D eigenvalue weighted by Crippen LogP contribution is -2.38. The van der Waals surface area contributed by atoms with Crippen molar-refractivity contribution in [3.63, 3.8) is 0 Å². The van der Waals surface area contributed by atoms with Crippen LogP contribution in [0.4, 0.5) is 4.79 Å². The summed E-state index contributed by atoms with van der Waals surface area (Å²) in [5.41, 5.74) is 1.51. The number of carbonyl (C=O) groups is 2. The van der Waals surface area contributed by atoms with E-state index in [1.54, 1.807) is 38.6 Å². The third kappa shape index (κ3) is 5.27. The van der Waals surface area contributed by atoms with Crippen molar-refractivity contribution in [3.8, 4) is 0 Å². The highest BCUT2D eigenvalue weighted by Gasteiger charge is 2.19. The molecule has 1 N–H and O–H groups in total. The first-order chi connectivity index (χ1) is 8.28. The second kappa shape index (κ2) is 5.95. The Kier molecular flexibility index (Phi) is 4.84. The summed E-state index contributed by atoms with van der Waals surface area (Å²) in [6.45, 7) is 7.13. The molecule has 0 saturated carbocycles. The molecule has 18 heavy (non-hydrogen) atoms. The SMILES string of the molecule is CC(CC(=O)c1cscn1)NC(=O)OC(C)(C)C. The summed E-state index contributed by atoms with van der Waals surface area (Å²) in [6, 6.07) is -0.283. The first-order valence-corrected chi connectivity index (χ1v) is 6.63. The Hall–Kier alpha value is -1.43. The zero-order chi connectivity index (χ0) is 13.8. The summed E-state index contributed by atoms with van der Waals surface area (Å²) in [7, 11) is 0. The van der Waals surface area contributed by atoms with E-state index in [4.69, 9.17) is 4.74 Å². The molecule has 0 radical (unpaired) electrons. The van der Waals surface area contributed by atoms with Crippen molar-refractivity contribution in [2.45, 2.75) is 45.8 Å². The van der Waals surface area contributed by atoms with Gasteiger partial charge >= 0.3 is 6.09 Å². The van der Waals surface area contributed by atoms with Gasteiger partial charge in [-0.25, -0.2) is 9.78 Å². The molecule has 0 fully saturated rings. The minimum Gasteiger partial charge on any atom is -0.444 e. The van der Waals surface area contributed by atoms with Gasteiger partial charge in [-0.15, -0.1) is 11.3 Å². The molecule has 1 atom stereocenters. The smallest absolute Gasteiger partial charge is 0.407 e. The zero-order valence-electron chi connectivity index (χ0n) is 11.0. The average Bonchev–Trinajstić information content (AvgIpc) is 2.65. The Morgan fingerprint density at radius 1 is 1.50 bits per heavy atom. The van der Waals surface area contributed by atoms with Crippen molar-refractivity contribution in [1.82, 2.24) is 10.3 Å². The summed E-state index contributed by atoms with van der Waals surface area (Å²) in [5.74, 6) is -0.0835. The van der Waals surface area contributed by atoms with E-state index in [0.717, 1.165) is 0 Å². The fraction of sp³-hybridized carbons (Fsp3) is 0.583. The molecule has 0 bridgehead atoms. The Morgan fingerprint density at radius 3 is 2.67 bits per heavy atom. The first kappa shape index (κ1) is 14.6. The number of Topliss-reactive ketones (excluding diaryl/α,β-unsaturated/α-hetero) is 1.